The molecule has 0 fully saturated rings. The lowest BCUT2D eigenvalue weighted by molar-refractivity contribution is 0.0697. The van der Waals surface area contributed by atoms with Crippen LogP contribution in [0.25, 0.3) is 0 Å². The van der Waals surface area contributed by atoms with Gasteiger partial charge in [0.05, 0.1) is 11.3 Å². The summed E-state index contributed by atoms with van der Waals surface area (Å²) in [5.41, 5.74) is 4.37. The van der Waals surface area contributed by atoms with Crippen LogP contribution in [0.15, 0.2) is 12.1 Å². The monoisotopic (exact) mass is 273 g/mol. The van der Waals surface area contributed by atoms with Crippen LogP contribution in [-0.4, -0.2) is 30.2 Å². The van der Waals surface area contributed by atoms with Gasteiger partial charge in [-0.15, -0.1) is 0 Å². The largest absolute Gasteiger partial charge is 0.478 e. The molecule has 0 aliphatic carbocycles. The molecule has 1 aromatic rings. The highest BCUT2D eigenvalue weighted by Gasteiger charge is 2.16. The summed E-state index contributed by atoms with van der Waals surface area (Å²) in [7, 11) is 0. The maximum Gasteiger partial charge on any atom is 0.337 e. The fraction of sp³-hybridized carbons (Fsp3) is 0.273. The SMILES string of the molecule is NCCCNC(=O)Nc1cc(F)c(F)cc1C(=O)O. The van der Waals surface area contributed by atoms with Crippen molar-refractivity contribution in [3.8, 4) is 0 Å². The number of urea groups is 1. The number of amides is 2. The molecule has 104 valence electrons. The van der Waals surface area contributed by atoms with Crippen molar-refractivity contribution in [1.29, 1.82) is 0 Å². The number of carbonyl (C=O) groups is 2. The minimum Gasteiger partial charge on any atom is -0.478 e. The average Bonchev–Trinajstić information content (AvgIpc) is 2.33. The fourth-order valence-electron chi connectivity index (χ4n) is 1.30. The Hall–Kier alpha value is -2.22. The number of aromatic carboxylic acids is 1. The van der Waals surface area contributed by atoms with Crippen LogP contribution in [0.5, 0.6) is 0 Å². The van der Waals surface area contributed by atoms with Gasteiger partial charge >= 0.3 is 12.0 Å². The molecule has 0 aromatic heterocycles. The van der Waals surface area contributed by atoms with Crippen molar-refractivity contribution in [3.05, 3.63) is 29.3 Å². The third kappa shape index (κ3) is 4.18. The summed E-state index contributed by atoms with van der Waals surface area (Å²) in [6.45, 7) is 0.667. The number of rotatable bonds is 5. The van der Waals surface area contributed by atoms with Crippen molar-refractivity contribution in [3.63, 3.8) is 0 Å². The van der Waals surface area contributed by atoms with Gasteiger partial charge in [0.25, 0.3) is 0 Å². The molecule has 1 rings (SSSR count). The zero-order chi connectivity index (χ0) is 14.4. The van der Waals surface area contributed by atoms with E-state index in [0.717, 1.165) is 0 Å². The molecule has 0 atom stereocenters. The van der Waals surface area contributed by atoms with E-state index in [1.54, 1.807) is 0 Å². The van der Waals surface area contributed by atoms with Crippen molar-refractivity contribution < 1.29 is 23.5 Å². The molecule has 6 nitrogen and oxygen atoms in total. The summed E-state index contributed by atoms with van der Waals surface area (Å²) in [6.07, 6.45) is 0.539. The maximum absolute atomic E-state index is 13.0. The molecule has 5 N–H and O–H groups in total. The highest BCUT2D eigenvalue weighted by molar-refractivity contribution is 6.00. The van der Waals surface area contributed by atoms with E-state index >= 15 is 0 Å². The zero-order valence-electron chi connectivity index (χ0n) is 9.87. The number of benzene rings is 1. The molecule has 19 heavy (non-hydrogen) atoms. The van der Waals surface area contributed by atoms with Crippen LogP contribution < -0.4 is 16.4 Å². The van der Waals surface area contributed by atoms with Crippen molar-refractivity contribution in [2.75, 3.05) is 18.4 Å². The van der Waals surface area contributed by atoms with E-state index in [1.165, 1.54) is 0 Å². The minimum absolute atomic E-state index is 0.286. The molecule has 2 amide bonds. The number of carboxylic acid groups (broad SMARTS) is 1. The van der Waals surface area contributed by atoms with Gasteiger partial charge in [0, 0.05) is 12.6 Å². The first-order valence-corrected chi connectivity index (χ1v) is 5.43. The molecular weight excluding hydrogens is 260 g/mol. The van der Waals surface area contributed by atoms with Gasteiger partial charge in [-0.05, 0) is 19.0 Å². The van der Waals surface area contributed by atoms with Crippen molar-refractivity contribution >= 4 is 17.7 Å². The van der Waals surface area contributed by atoms with Gasteiger partial charge in [-0.3, -0.25) is 0 Å². The Kier molecular flexibility index (Phi) is 5.19. The Balaban J connectivity index is 2.84. The average molecular weight is 273 g/mol. The first-order chi connectivity index (χ1) is 8.95. The van der Waals surface area contributed by atoms with E-state index in [4.69, 9.17) is 10.8 Å². The van der Waals surface area contributed by atoms with Crippen LogP contribution in [0.1, 0.15) is 16.8 Å². The van der Waals surface area contributed by atoms with E-state index in [-0.39, 0.29) is 12.2 Å². The van der Waals surface area contributed by atoms with Gasteiger partial charge in [0.2, 0.25) is 0 Å². The number of halogens is 2. The lowest BCUT2D eigenvalue weighted by Gasteiger charge is -2.10. The van der Waals surface area contributed by atoms with Gasteiger partial charge in [0.1, 0.15) is 0 Å². The highest BCUT2D eigenvalue weighted by Crippen LogP contribution is 2.20. The first kappa shape index (κ1) is 14.8. The Bertz CT molecular complexity index is 494. The van der Waals surface area contributed by atoms with E-state index < -0.39 is 29.2 Å². The lowest BCUT2D eigenvalue weighted by atomic mass is 10.1. The predicted molar refractivity (Wildman–Crippen MR) is 64.0 cm³/mol. The predicted octanol–water partition coefficient (Wildman–Crippen LogP) is 1.13. The molecule has 0 saturated carbocycles. The molecule has 0 bridgehead atoms. The fourth-order valence-corrected chi connectivity index (χ4v) is 1.30. The normalized spacial score (nSPS) is 10.1. The van der Waals surface area contributed by atoms with E-state index in [2.05, 4.69) is 10.6 Å². The minimum atomic E-state index is -1.48. The summed E-state index contributed by atoms with van der Waals surface area (Å²) in [4.78, 5) is 22.2. The van der Waals surface area contributed by atoms with Gasteiger partial charge < -0.3 is 21.5 Å². The Labute approximate surface area is 107 Å². The zero-order valence-corrected chi connectivity index (χ0v) is 9.87. The Morgan fingerprint density at radius 3 is 2.47 bits per heavy atom. The quantitative estimate of drug-likeness (QED) is 0.604. The van der Waals surface area contributed by atoms with Crippen molar-refractivity contribution in [2.45, 2.75) is 6.42 Å². The van der Waals surface area contributed by atoms with Crippen LogP contribution in [-0.2, 0) is 0 Å². The molecule has 8 heteroatoms. The molecule has 0 unspecified atom stereocenters. The molecule has 0 aliphatic heterocycles. The number of nitrogens with one attached hydrogen (secondary N) is 2. The molecule has 0 spiro atoms. The summed E-state index contributed by atoms with van der Waals surface area (Å²) in [6, 6.07) is 0.399. The van der Waals surface area contributed by atoms with E-state index in [0.29, 0.717) is 25.1 Å². The number of hydrogen-bond acceptors (Lipinski definition) is 3. The van der Waals surface area contributed by atoms with Gasteiger partial charge in [-0.2, -0.15) is 0 Å². The van der Waals surface area contributed by atoms with Crippen LogP contribution in [0.4, 0.5) is 19.3 Å². The third-order valence-electron chi connectivity index (χ3n) is 2.21. The second-order valence-electron chi connectivity index (χ2n) is 3.64. The van der Waals surface area contributed by atoms with Gasteiger partial charge in [0.15, 0.2) is 11.6 Å². The van der Waals surface area contributed by atoms with Crippen LogP contribution in [0.2, 0.25) is 0 Å². The Morgan fingerprint density at radius 2 is 1.89 bits per heavy atom. The first-order valence-electron chi connectivity index (χ1n) is 5.43. The van der Waals surface area contributed by atoms with Gasteiger partial charge in [-0.1, -0.05) is 0 Å². The topological polar surface area (TPSA) is 104 Å². The van der Waals surface area contributed by atoms with Gasteiger partial charge in [-0.25, -0.2) is 18.4 Å². The summed E-state index contributed by atoms with van der Waals surface area (Å²) >= 11 is 0. The smallest absolute Gasteiger partial charge is 0.337 e. The Morgan fingerprint density at radius 1 is 1.26 bits per heavy atom. The lowest BCUT2D eigenvalue weighted by Crippen LogP contribution is -2.31. The maximum atomic E-state index is 13.0. The number of carbonyl (C=O) groups excluding carboxylic acids is 1. The molecule has 0 radical (unpaired) electrons. The van der Waals surface area contributed by atoms with Crippen molar-refractivity contribution in [1.82, 2.24) is 5.32 Å². The second-order valence-corrected chi connectivity index (χ2v) is 3.64. The third-order valence-corrected chi connectivity index (χ3v) is 2.21. The number of carboxylic acids is 1. The second kappa shape index (κ2) is 6.64. The number of nitrogens with two attached hydrogens (primary N) is 1. The molecular formula is C11H13F2N3O3. The molecule has 0 heterocycles. The van der Waals surface area contributed by atoms with Crippen LogP contribution in [0.3, 0.4) is 0 Å². The van der Waals surface area contributed by atoms with E-state index in [1.807, 2.05) is 0 Å². The summed E-state index contributed by atoms with van der Waals surface area (Å²) < 4.78 is 25.9. The summed E-state index contributed by atoms with van der Waals surface area (Å²) in [5, 5.41) is 13.4. The number of hydrogen-bond donors (Lipinski definition) is 4. The van der Waals surface area contributed by atoms with Crippen LogP contribution >= 0.6 is 0 Å². The van der Waals surface area contributed by atoms with Crippen LogP contribution in [0, 0.1) is 11.6 Å². The highest BCUT2D eigenvalue weighted by atomic mass is 19.2. The molecule has 0 aliphatic rings. The molecule has 1 aromatic carbocycles. The van der Waals surface area contributed by atoms with Crippen molar-refractivity contribution in [2.24, 2.45) is 5.73 Å². The summed E-state index contributed by atoms with van der Waals surface area (Å²) in [5.74, 6) is -4.02. The number of anilines is 1. The standard InChI is InChI=1S/C11H13F2N3O3/c12-7-4-6(10(17)18)9(5-8(7)13)16-11(19)15-3-1-2-14/h4-5H,1-3,14H2,(H,17,18)(H2,15,16,19). The molecule has 0 saturated heterocycles. The van der Waals surface area contributed by atoms with E-state index in [9.17, 15) is 18.4 Å².